The molecule has 0 unspecified atom stereocenters. The molecule has 0 amide bonds. The van der Waals surface area contributed by atoms with Crippen LogP contribution < -0.4 is 4.74 Å². The van der Waals surface area contributed by atoms with Crippen molar-refractivity contribution in [3.05, 3.63) is 102 Å². The Hall–Kier alpha value is -2.91. The van der Waals surface area contributed by atoms with Crippen molar-refractivity contribution < 1.29 is 4.74 Å². The maximum atomic E-state index is 5.40. The maximum absolute atomic E-state index is 5.40. The molecule has 0 spiro atoms. The summed E-state index contributed by atoms with van der Waals surface area (Å²) in [6.45, 7) is 2.35. The molecule has 3 aromatic carbocycles. The van der Waals surface area contributed by atoms with Crippen LogP contribution in [-0.2, 0) is 0 Å². The summed E-state index contributed by atoms with van der Waals surface area (Å²) >= 11 is 0. The highest BCUT2D eigenvalue weighted by Gasteiger charge is 2.46. The van der Waals surface area contributed by atoms with Gasteiger partial charge in [0, 0.05) is 18.2 Å². The highest BCUT2D eigenvalue weighted by molar-refractivity contribution is 5.80. The summed E-state index contributed by atoms with van der Waals surface area (Å²) in [5.74, 6) is 1.84. The van der Waals surface area contributed by atoms with Gasteiger partial charge in [-0.3, -0.25) is 9.89 Å². The van der Waals surface area contributed by atoms with Gasteiger partial charge >= 0.3 is 0 Å². The Morgan fingerprint density at radius 3 is 2.13 bits per heavy atom. The van der Waals surface area contributed by atoms with Gasteiger partial charge in [0.2, 0.25) is 0 Å². The summed E-state index contributed by atoms with van der Waals surface area (Å²) in [6, 6.07) is 30.8. The van der Waals surface area contributed by atoms with Gasteiger partial charge in [-0.15, -0.1) is 0 Å². The second kappa shape index (κ2) is 9.07. The van der Waals surface area contributed by atoms with Crippen LogP contribution in [0.1, 0.15) is 35.4 Å². The molecule has 3 aliphatic rings. The van der Waals surface area contributed by atoms with Gasteiger partial charge in [-0.2, -0.15) is 0 Å². The Kier molecular flexibility index (Phi) is 5.86. The summed E-state index contributed by atoms with van der Waals surface area (Å²) in [6.07, 6.45) is 4.55. The average molecular weight is 411 g/mol. The number of nitrogens with zero attached hydrogens (tertiary/aromatic N) is 2. The van der Waals surface area contributed by atoms with Crippen LogP contribution in [0.25, 0.3) is 0 Å². The third-order valence-electron chi connectivity index (χ3n) is 6.98. The van der Waals surface area contributed by atoms with Crippen LogP contribution in [0.3, 0.4) is 0 Å². The van der Waals surface area contributed by atoms with Crippen LogP contribution >= 0.6 is 0 Å². The zero-order valence-electron chi connectivity index (χ0n) is 18.1. The summed E-state index contributed by atoms with van der Waals surface area (Å²) < 4.78 is 5.40. The molecule has 3 aliphatic heterocycles. The zero-order chi connectivity index (χ0) is 21.0. The Balaban J connectivity index is 1.54. The van der Waals surface area contributed by atoms with Crippen LogP contribution in [0.4, 0.5) is 0 Å². The molecule has 31 heavy (non-hydrogen) atoms. The molecule has 0 aliphatic carbocycles. The smallest absolute Gasteiger partial charge is 0.119 e. The van der Waals surface area contributed by atoms with Crippen molar-refractivity contribution in [1.29, 1.82) is 0 Å². The molecule has 0 saturated carbocycles. The van der Waals surface area contributed by atoms with Crippen LogP contribution in [0.2, 0.25) is 0 Å². The highest BCUT2D eigenvalue weighted by Crippen LogP contribution is 2.43. The Bertz CT molecular complexity index is 970. The van der Waals surface area contributed by atoms with E-state index in [1.807, 2.05) is 12.1 Å². The lowest BCUT2D eigenvalue weighted by Gasteiger charge is -2.52. The van der Waals surface area contributed by atoms with Gasteiger partial charge in [0.25, 0.3) is 0 Å². The maximum Gasteiger partial charge on any atom is 0.119 e. The summed E-state index contributed by atoms with van der Waals surface area (Å²) in [5.41, 5.74) is 3.87. The van der Waals surface area contributed by atoms with E-state index in [9.17, 15) is 0 Å². The van der Waals surface area contributed by atoms with Gasteiger partial charge < -0.3 is 4.74 Å². The number of benzene rings is 3. The molecule has 3 aromatic rings. The second-order valence-electron chi connectivity index (χ2n) is 8.71. The molecule has 3 nitrogen and oxygen atoms in total. The summed E-state index contributed by atoms with van der Waals surface area (Å²) in [7, 11) is 1.71. The fourth-order valence-corrected chi connectivity index (χ4v) is 5.47. The van der Waals surface area contributed by atoms with E-state index in [1.165, 1.54) is 37.1 Å². The fraction of sp³-hybridized carbons (Fsp3) is 0.321. The molecule has 2 bridgehead atoms. The lowest BCUT2D eigenvalue weighted by molar-refractivity contribution is 0.0215. The highest BCUT2D eigenvalue weighted by atomic mass is 16.5. The van der Waals surface area contributed by atoms with Gasteiger partial charge in [0.15, 0.2) is 0 Å². The molecule has 3 heterocycles. The minimum Gasteiger partial charge on any atom is -0.497 e. The molecule has 2 atom stereocenters. The first-order chi connectivity index (χ1) is 15.3. The van der Waals surface area contributed by atoms with E-state index in [0.29, 0.717) is 23.9 Å². The van der Waals surface area contributed by atoms with Crippen molar-refractivity contribution >= 4 is 6.21 Å². The third kappa shape index (κ3) is 4.15. The van der Waals surface area contributed by atoms with Gasteiger partial charge in [-0.25, -0.2) is 0 Å². The van der Waals surface area contributed by atoms with E-state index in [-0.39, 0.29) is 0 Å². The predicted octanol–water partition coefficient (Wildman–Crippen LogP) is 5.41. The standard InChI is InChI=1S/C28H30N2O/c1-31-25-14-8-9-21(19-25)20-29-27-24-15-17-30(18-16-24)28(27)26(22-10-4-2-5-11-22)23-12-6-3-7-13-23/h2-14,19-20,24,26-28H,15-18H2,1H3/t27-,28+/m1/s1. The first-order valence-corrected chi connectivity index (χ1v) is 11.3. The van der Waals surface area contributed by atoms with Crippen LogP contribution in [-0.4, -0.2) is 43.4 Å². The normalized spacial score (nSPS) is 25.2. The predicted molar refractivity (Wildman–Crippen MR) is 127 cm³/mol. The molecule has 0 N–H and O–H groups in total. The van der Waals surface area contributed by atoms with Gasteiger partial charge in [-0.05, 0) is 60.7 Å². The van der Waals surface area contributed by atoms with Crippen molar-refractivity contribution in [1.82, 2.24) is 4.90 Å². The van der Waals surface area contributed by atoms with Gasteiger partial charge in [-0.1, -0.05) is 72.8 Å². The van der Waals surface area contributed by atoms with Crippen molar-refractivity contribution in [3.8, 4) is 5.75 Å². The third-order valence-corrected chi connectivity index (χ3v) is 6.98. The quantitative estimate of drug-likeness (QED) is 0.508. The largest absolute Gasteiger partial charge is 0.497 e. The molecule has 3 fully saturated rings. The van der Waals surface area contributed by atoms with E-state index in [2.05, 4.69) is 83.9 Å². The molecule has 3 heteroatoms. The van der Waals surface area contributed by atoms with E-state index >= 15 is 0 Å². The fourth-order valence-electron chi connectivity index (χ4n) is 5.47. The second-order valence-corrected chi connectivity index (χ2v) is 8.71. The van der Waals surface area contributed by atoms with E-state index in [4.69, 9.17) is 9.73 Å². The minimum absolute atomic E-state index is 0.291. The van der Waals surface area contributed by atoms with Crippen molar-refractivity contribution in [2.45, 2.75) is 30.8 Å². The number of methoxy groups -OCH3 is 1. The zero-order valence-corrected chi connectivity index (χ0v) is 18.1. The monoisotopic (exact) mass is 410 g/mol. The number of rotatable bonds is 6. The number of hydrogen-bond donors (Lipinski definition) is 0. The topological polar surface area (TPSA) is 24.8 Å². The summed E-state index contributed by atoms with van der Waals surface area (Å²) in [5, 5.41) is 0. The van der Waals surface area contributed by atoms with E-state index in [1.54, 1.807) is 7.11 Å². The number of aliphatic imine (C=N–C) groups is 1. The van der Waals surface area contributed by atoms with Crippen molar-refractivity contribution in [3.63, 3.8) is 0 Å². The number of hydrogen-bond acceptors (Lipinski definition) is 3. The van der Waals surface area contributed by atoms with Crippen molar-refractivity contribution in [2.24, 2.45) is 10.9 Å². The Labute approximate surface area is 185 Å². The van der Waals surface area contributed by atoms with Crippen LogP contribution in [0.5, 0.6) is 5.75 Å². The van der Waals surface area contributed by atoms with E-state index in [0.717, 1.165) is 11.3 Å². The summed E-state index contributed by atoms with van der Waals surface area (Å²) in [4.78, 5) is 7.94. The lowest BCUT2D eigenvalue weighted by atomic mass is 9.71. The van der Waals surface area contributed by atoms with Crippen molar-refractivity contribution in [2.75, 3.05) is 20.2 Å². The molecule has 0 radical (unpaired) electrons. The molecule has 158 valence electrons. The Morgan fingerprint density at radius 1 is 0.871 bits per heavy atom. The van der Waals surface area contributed by atoms with E-state index < -0.39 is 0 Å². The first kappa shape index (κ1) is 20.0. The number of fused-ring (bicyclic) bond motifs is 3. The van der Waals surface area contributed by atoms with Crippen LogP contribution in [0, 0.1) is 5.92 Å². The van der Waals surface area contributed by atoms with Gasteiger partial charge in [0.1, 0.15) is 5.75 Å². The van der Waals surface area contributed by atoms with Crippen LogP contribution in [0.15, 0.2) is 89.9 Å². The SMILES string of the molecule is COc1cccc(C=N[C@@H]2C3CCN(CC3)[C@H]2C(c2ccccc2)c2ccccc2)c1. The molecule has 6 rings (SSSR count). The number of ether oxygens (including phenoxy) is 1. The molecule has 3 saturated heterocycles. The lowest BCUT2D eigenvalue weighted by Crippen LogP contribution is -2.59. The Morgan fingerprint density at radius 2 is 1.52 bits per heavy atom. The minimum atomic E-state index is 0.291. The average Bonchev–Trinajstić information content (AvgIpc) is 2.85. The number of piperidine rings is 3. The molecular weight excluding hydrogens is 380 g/mol. The first-order valence-electron chi connectivity index (χ1n) is 11.3. The molecule has 0 aromatic heterocycles. The molecular formula is C28H30N2O. The van der Waals surface area contributed by atoms with Gasteiger partial charge in [0.05, 0.1) is 13.2 Å².